The summed E-state index contributed by atoms with van der Waals surface area (Å²) in [5, 5.41) is 0.797. The van der Waals surface area contributed by atoms with Crippen LogP contribution in [0.3, 0.4) is 0 Å². The molecule has 6 heteroatoms. The molecule has 2 heterocycles. The Morgan fingerprint density at radius 3 is 2.85 bits per heavy atom. The summed E-state index contributed by atoms with van der Waals surface area (Å²) in [4.78, 5) is 22.7. The van der Waals surface area contributed by atoms with Gasteiger partial charge in [-0.15, -0.1) is 11.3 Å². The Morgan fingerprint density at radius 1 is 1.26 bits per heavy atom. The van der Waals surface area contributed by atoms with Crippen LogP contribution < -0.4 is 14.9 Å². The second-order valence-electron chi connectivity index (χ2n) is 6.84. The van der Waals surface area contributed by atoms with E-state index in [1.807, 2.05) is 18.2 Å². The summed E-state index contributed by atoms with van der Waals surface area (Å²) in [7, 11) is 3.10. The van der Waals surface area contributed by atoms with Gasteiger partial charge in [-0.2, -0.15) is 4.98 Å². The van der Waals surface area contributed by atoms with Crippen LogP contribution in [-0.4, -0.2) is 24.2 Å². The normalized spacial score (nSPS) is 16.2. The van der Waals surface area contributed by atoms with Crippen LogP contribution in [0.1, 0.15) is 30.2 Å². The first-order valence-corrected chi connectivity index (χ1v) is 10.00. The highest BCUT2D eigenvalue weighted by Crippen LogP contribution is 2.35. The Balaban J connectivity index is 1.85. The van der Waals surface area contributed by atoms with Crippen molar-refractivity contribution in [3.05, 3.63) is 45.1 Å². The van der Waals surface area contributed by atoms with E-state index < -0.39 is 0 Å². The molecule has 0 N–H and O–H groups in total. The first kappa shape index (κ1) is 17.9. The SMILES string of the molecule is CCC1CCc2c(sc3cc(-c4cnc(OC)nc4OC)ccc3c2=O)C1. The molecule has 2 aromatic heterocycles. The molecule has 1 atom stereocenters. The Morgan fingerprint density at radius 2 is 2.11 bits per heavy atom. The minimum atomic E-state index is 0.192. The summed E-state index contributed by atoms with van der Waals surface area (Å²) in [6.45, 7) is 2.23. The second-order valence-corrected chi connectivity index (χ2v) is 7.98. The van der Waals surface area contributed by atoms with E-state index in [9.17, 15) is 4.79 Å². The Kier molecular flexibility index (Phi) is 4.83. The topological polar surface area (TPSA) is 61.3 Å². The maximum atomic E-state index is 13.0. The molecule has 4 rings (SSSR count). The molecule has 0 fully saturated rings. The molecule has 0 bridgehead atoms. The lowest BCUT2D eigenvalue weighted by Crippen LogP contribution is -2.20. The molecule has 27 heavy (non-hydrogen) atoms. The molecule has 1 aliphatic rings. The lowest BCUT2D eigenvalue weighted by molar-refractivity contribution is 0.353. The highest BCUT2D eigenvalue weighted by molar-refractivity contribution is 7.18. The average Bonchev–Trinajstić information content (AvgIpc) is 2.72. The zero-order valence-electron chi connectivity index (χ0n) is 15.7. The monoisotopic (exact) mass is 382 g/mol. The molecule has 0 amide bonds. The van der Waals surface area contributed by atoms with Crippen molar-refractivity contribution in [2.24, 2.45) is 5.92 Å². The maximum Gasteiger partial charge on any atom is 0.319 e. The van der Waals surface area contributed by atoms with E-state index in [4.69, 9.17) is 9.47 Å². The molecule has 3 aromatic rings. The number of aromatic nitrogens is 2. The van der Waals surface area contributed by atoms with Crippen molar-refractivity contribution in [3.8, 4) is 23.0 Å². The molecule has 1 unspecified atom stereocenters. The van der Waals surface area contributed by atoms with Crippen LogP contribution in [0, 0.1) is 5.92 Å². The van der Waals surface area contributed by atoms with Crippen LogP contribution in [0.4, 0.5) is 0 Å². The maximum absolute atomic E-state index is 13.0. The average molecular weight is 382 g/mol. The van der Waals surface area contributed by atoms with Crippen LogP contribution >= 0.6 is 11.3 Å². The van der Waals surface area contributed by atoms with Crippen molar-refractivity contribution in [3.63, 3.8) is 0 Å². The molecule has 0 radical (unpaired) electrons. The molecule has 0 saturated heterocycles. The fourth-order valence-electron chi connectivity index (χ4n) is 3.73. The van der Waals surface area contributed by atoms with E-state index in [1.165, 1.54) is 18.4 Å². The molecular weight excluding hydrogens is 360 g/mol. The molecular formula is C21H22N2O3S. The largest absolute Gasteiger partial charge is 0.480 e. The van der Waals surface area contributed by atoms with Gasteiger partial charge in [0.1, 0.15) is 0 Å². The number of nitrogens with zero attached hydrogens (tertiary/aromatic N) is 2. The second kappa shape index (κ2) is 7.27. The summed E-state index contributed by atoms with van der Waals surface area (Å²) in [5.41, 5.74) is 2.93. The van der Waals surface area contributed by atoms with Crippen molar-refractivity contribution in [1.82, 2.24) is 9.97 Å². The van der Waals surface area contributed by atoms with E-state index in [0.29, 0.717) is 11.8 Å². The molecule has 5 nitrogen and oxygen atoms in total. The van der Waals surface area contributed by atoms with Crippen molar-refractivity contribution in [2.45, 2.75) is 32.6 Å². The lowest BCUT2D eigenvalue weighted by atomic mass is 9.86. The summed E-state index contributed by atoms with van der Waals surface area (Å²) in [5.74, 6) is 1.14. The van der Waals surface area contributed by atoms with E-state index >= 15 is 0 Å². The van der Waals surface area contributed by atoms with Gasteiger partial charge in [-0.25, -0.2) is 4.98 Å². The van der Waals surface area contributed by atoms with Crippen LogP contribution in [-0.2, 0) is 12.8 Å². The number of fused-ring (bicyclic) bond motifs is 2. The zero-order chi connectivity index (χ0) is 19.0. The lowest BCUT2D eigenvalue weighted by Gasteiger charge is -2.22. The summed E-state index contributed by atoms with van der Waals surface area (Å²) in [6.07, 6.45) is 5.90. The van der Waals surface area contributed by atoms with Crippen molar-refractivity contribution >= 4 is 21.4 Å². The standard InChI is InChI=1S/C21H22N2O3S/c1-4-12-5-7-14-17(9-12)27-18-10-13(6-8-15(18)19(14)24)16-11-22-21(26-3)23-20(16)25-2/h6,8,10-12H,4-5,7,9H2,1-3H3. The Hall–Kier alpha value is -2.47. The molecule has 0 aliphatic heterocycles. The van der Waals surface area contributed by atoms with Gasteiger partial charge in [0, 0.05) is 26.7 Å². The van der Waals surface area contributed by atoms with Gasteiger partial charge in [0.2, 0.25) is 5.88 Å². The third-order valence-electron chi connectivity index (χ3n) is 5.34. The third-order valence-corrected chi connectivity index (χ3v) is 6.56. The summed E-state index contributed by atoms with van der Waals surface area (Å²) in [6, 6.07) is 6.17. The van der Waals surface area contributed by atoms with Gasteiger partial charge < -0.3 is 9.47 Å². The molecule has 1 aromatic carbocycles. The first-order valence-electron chi connectivity index (χ1n) is 9.18. The minimum absolute atomic E-state index is 0.192. The number of benzene rings is 1. The van der Waals surface area contributed by atoms with E-state index in [2.05, 4.69) is 16.9 Å². The van der Waals surface area contributed by atoms with Crippen LogP contribution in [0.5, 0.6) is 11.9 Å². The van der Waals surface area contributed by atoms with Gasteiger partial charge in [-0.05, 0) is 42.9 Å². The molecule has 0 saturated carbocycles. The van der Waals surface area contributed by atoms with E-state index in [1.54, 1.807) is 24.6 Å². The Bertz CT molecular complexity index is 1060. The predicted molar refractivity (Wildman–Crippen MR) is 108 cm³/mol. The number of rotatable bonds is 4. The van der Waals surface area contributed by atoms with Gasteiger partial charge in [-0.3, -0.25) is 4.79 Å². The van der Waals surface area contributed by atoms with Crippen molar-refractivity contribution < 1.29 is 9.47 Å². The fraction of sp³-hybridized carbons (Fsp3) is 0.381. The van der Waals surface area contributed by atoms with Gasteiger partial charge in [0.25, 0.3) is 0 Å². The molecule has 0 spiro atoms. The van der Waals surface area contributed by atoms with Crippen LogP contribution in [0.25, 0.3) is 21.2 Å². The number of ether oxygens (including phenoxy) is 2. The summed E-state index contributed by atoms with van der Waals surface area (Å²) < 4.78 is 11.5. The zero-order valence-corrected chi connectivity index (χ0v) is 16.6. The smallest absolute Gasteiger partial charge is 0.319 e. The number of hydrogen-bond donors (Lipinski definition) is 0. The number of methoxy groups -OCH3 is 2. The molecule has 1 aliphatic carbocycles. The highest BCUT2D eigenvalue weighted by Gasteiger charge is 2.22. The minimum Gasteiger partial charge on any atom is -0.480 e. The van der Waals surface area contributed by atoms with Crippen LogP contribution in [0.2, 0.25) is 0 Å². The highest BCUT2D eigenvalue weighted by atomic mass is 32.1. The van der Waals surface area contributed by atoms with Crippen molar-refractivity contribution in [1.29, 1.82) is 0 Å². The van der Waals surface area contributed by atoms with Crippen molar-refractivity contribution in [2.75, 3.05) is 14.2 Å². The first-order chi connectivity index (χ1) is 13.1. The Labute approximate surface area is 162 Å². The predicted octanol–water partition coefficient (Wildman–Crippen LogP) is 4.25. The molecule has 140 valence electrons. The van der Waals surface area contributed by atoms with Gasteiger partial charge in [-0.1, -0.05) is 19.4 Å². The van der Waals surface area contributed by atoms with Gasteiger partial charge in [0.15, 0.2) is 5.43 Å². The fourth-order valence-corrected chi connectivity index (χ4v) is 5.09. The number of hydrogen-bond acceptors (Lipinski definition) is 6. The van der Waals surface area contributed by atoms with E-state index in [-0.39, 0.29) is 11.4 Å². The van der Waals surface area contributed by atoms with Gasteiger partial charge >= 0.3 is 6.01 Å². The quantitative estimate of drug-likeness (QED) is 0.675. The van der Waals surface area contributed by atoms with Gasteiger partial charge in [0.05, 0.1) is 19.8 Å². The van der Waals surface area contributed by atoms with E-state index in [0.717, 1.165) is 46.0 Å². The summed E-state index contributed by atoms with van der Waals surface area (Å²) >= 11 is 1.75. The third kappa shape index (κ3) is 3.18. The van der Waals surface area contributed by atoms with Crippen LogP contribution in [0.15, 0.2) is 29.2 Å².